The predicted octanol–water partition coefficient (Wildman–Crippen LogP) is 7.78. The molecule has 1 spiro atoms. The summed E-state index contributed by atoms with van der Waals surface area (Å²) in [6, 6.07) is 7.56. The summed E-state index contributed by atoms with van der Waals surface area (Å²) in [5.74, 6) is 0.328. The molecule has 0 atom stereocenters. The number of hydrogen-bond donors (Lipinski definition) is 2. The Hall–Kier alpha value is -4.73. The number of piperazine rings is 1. The molecule has 0 bridgehead atoms. The second-order valence-electron chi connectivity index (χ2n) is 15.4. The van der Waals surface area contributed by atoms with Crippen LogP contribution in [0.4, 0.5) is 43.0 Å². The highest BCUT2D eigenvalue weighted by Crippen LogP contribution is 2.47. The molecule has 0 radical (unpaired) electrons. The monoisotopic (exact) mass is 800 g/mol. The zero-order chi connectivity index (χ0) is 40.5. The summed E-state index contributed by atoms with van der Waals surface area (Å²) in [4.78, 5) is 56.8. The van der Waals surface area contributed by atoms with Crippen molar-refractivity contribution in [1.29, 1.82) is 0 Å². The maximum absolute atomic E-state index is 13.9. The second-order valence-corrected chi connectivity index (χ2v) is 16.1. The average Bonchev–Trinajstić information content (AvgIpc) is 3.87. The molecule has 3 aromatic rings. The number of rotatable bonds is 9. The van der Waals surface area contributed by atoms with Crippen molar-refractivity contribution in [3.05, 3.63) is 52.4 Å². The first kappa shape index (κ1) is 41.4. The van der Waals surface area contributed by atoms with Crippen LogP contribution in [0.25, 0.3) is 0 Å². The highest BCUT2D eigenvalue weighted by molar-refractivity contribution is 6.43. The number of benzene rings is 2. The zero-order valence-electron chi connectivity index (χ0n) is 32.8. The lowest BCUT2D eigenvalue weighted by molar-refractivity contribution is 0.0583. The van der Waals surface area contributed by atoms with Crippen LogP contribution in [-0.2, 0) is 16.0 Å². The zero-order valence-corrected chi connectivity index (χ0v) is 34.3. The maximum atomic E-state index is 13.9. The average molecular weight is 802 g/mol. The van der Waals surface area contributed by atoms with Gasteiger partial charge in [0.1, 0.15) is 50.6 Å². The summed E-state index contributed by atoms with van der Waals surface area (Å²) in [6.45, 7) is 15.9. The summed E-state index contributed by atoms with van der Waals surface area (Å²) in [5.41, 5.74) is 6.77. The fourth-order valence-corrected chi connectivity index (χ4v) is 7.08. The molecule has 5 rings (SSSR count). The molecular weight excluding hydrogens is 751 g/mol. The molecule has 2 heterocycles. The summed E-state index contributed by atoms with van der Waals surface area (Å²) >= 11 is 13.2. The van der Waals surface area contributed by atoms with E-state index in [1.54, 1.807) is 47.6 Å². The normalized spacial score (nSPS) is 15.3. The van der Waals surface area contributed by atoms with Gasteiger partial charge in [0.05, 0.1) is 37.8 Å². The Labute approximate surface area is 331 Å². The number of carbonyl (C=O) groups excluding carboxylic acids is 3. The fraction of sp³-hybridized carbons (Fsp3) is 0.500. The van der Waals surface area contributed by atoms with Gasteiger partial charge in [0.25, 0.3) is 0 Å². The van der Waals surface area contributed by atoms with E-state index in [-0.39, 0.29) is 50.8 Å². The summed E-state index contributed by atoms with van der Waals surface area (Å²) in [7, 11) is 2.73. The van der Waals surface area contributed by atoms with Crippen LogP contribution in [0.1, 0.15) is 67.0 Å². The van der Waals surface area contributed by atoms with Crippen molar-refractivity contribution in [2.24, 2.45) is 0 Å². The van der Waals surface area contributed by atoms with Gasteiger partial charge in [-0.1, -0.05) is 30.1 Å². The van der Waals surface area contributed by atoms with Crippen molar-refractivity contribution < 1.29 is 33.3 Å². The third kappa shape index (κ3) is 9.39. The summed E-state index contributed by atoms with van der Waals surface area (Å²) in [5, 5.41) is 2.40. The minimum absolute atomic E-state index is 0.0974. The molecule has 15 nitrogen and oxygen atoms in total. The molecule has 0 unspecified atom stereocenters. The number of nitrogens with two attached hydrogens (primary N) is 1. The molecule has 4 amide bonds. The van der Waals surface area contributed by atoms with Crippen LogP contribution in [0.15, 0.2) is 36.7 Å². The molecule has 2 aliphatic rings. The van der Waals surface area contributed by atoms with E-state index >= 15 is 0 Å². The molecule has 3 N–H and O–H groups in total. The third-order valence-electron chi connectivity index (χ3n) is 9.11. The van der Waals surface area contributed by atoms with Gasteiger partial charge in [0, 0.05) is 43.0 Å². The standard InChI is InChI=1S/C38H50Cl2N8O7/c1-10-46-16-15-45(21-38(46)13-14-38)24-11-12-26(25(41)18-24)47(34(50)54-36(2,3)4)29-17-23(43-22-44-29)20-42-33(49)48(35(51)55-37(5,6)7)32-30(39)27(52-8)19-28(53-9)31(32)40/h11-12,17-19,22H,10,13-16,20-21,41H2,1-9H3,(H,42,49). The summed E-state index contributed by atoms with van der Waals surface area (Å²) in [6.07, 6.45) is 1.80. The SMILES string of the molecule is CCN1CCN(c2ccc(N(C(=O)OC(C)(C)C)c3cc(CNC(=O)N(C(=O)OC(C)(C)C)c4c(Cl)c(OC)cc(OC)c4Cl)ncn3)c(N)c2)CC12CC2. The lowest BCUT2D eigenvalue weighted by Crippen LogP contribution is -2.54. The van der Waals surface area contributed by atoms with Gasteiger partial charge < -0.3 is 34.9 Å². The molecule has 2 fully saturated rings. The van der Waals surface area contributed by atoms with Crippen molar-refractivity contribution in [3.63, 3.8) is 0 Å². The van der Waals surface area contributed by atoms with Gasteiger partial charge in [-0.2, -0.15) is 4.90 Å². The van der Waals surface area contributed by atoms with Gasteiger partial charge in [0.15, 0.2) is 0 Å². The smallest absolute Gasteiger partial charge is 0.423 e. The second kappa shape index (κ2) is 16.2. The summed E-state index contributed by atoms with van der Waals surface area (Å²) < 4.78 is 22.1. The van der Waals surface area contributed by atoms with Crippen molar-refractivity contribution in [3.8, 4) is 11.5 Å². The third-order valence-corrected chi connectivity index (χ3v) is 9.84. The number of methoxy groups -OCH3 is 2. The number of likely N-dealkylation sites (N-methyl/N-ethyl adjacent to an activating group) is 1. The Morgan fingerprint density at radius 3 is 2.07 bits per heavy atom. The Balaban J connectivity index is 1.45. The number of hydrogen-bond acceptors (Lipinski definition) is 12. The number of urea groups is 1. The number of imide groups is 1. The molecule has 2 aromatic carbocycles. The Morgan fingerprint density at radius 2 is 1.53 bits per heavy atom. The maximum Gasteiger partial charge on any atom is 0.423 e. The van der Waals surface area contributed by atoms with E-state index in [9.17, 15) is 14.4 Å². The number of aromatic nitrogens is 2. The molecule has 1 saturated carbocycles. The highest BCUT2D eigenvalue weighted by Gasteiger charge is 2.50. The minimum Gasteiger partial charge on any atom is -0.495 e. The molecule has 1 aliphatic carbocycles. The molecule has 298 valence electrons. The minimum atomic E-state index is -1.07. The van der Waals surface area contributed by atoms with E-state index in [0.717, 1.165) is 31.9 Å². The van der Waals surface area contributed by atoms with E-state index in [1.165, 1.54) is 50.4 Å². The van der Waals surface area contributed by atoms with Crippen molar-refractivity contribution in [2.45, 2.75) is 84.6 Å². The topological polar surface area (TPSA) is 165 Å². The van der Waals surface area contributed by atoms with Gasteiger partial charge in [-0.3, -0.25) is 4.90 Å². The molecule has 17 heteroatoms. The quantitative estimate of drug-likeness (QED) is 0.202. The molecule has 55 heavy (non-hydrogen) atoms. The van der Waals surface area contributed by atoms with Crippen LogP contribution in [0.5, 0.6) is 11.5 Å². The number of halogens is 2. The fourth-order valence-electron chi connectivity index (χ4n) is 6.41. The number of nitrogen functional groups attached to an aromatic ring is 1. The predicted molar refractivity (Wildman–Crippen MR) is 213 cm³/mol. The van der Waals surface area contributed by atoms with E-state index in [0.29, 0.717) is 16.3 Å². The molecule has 1 aliphatic heterocycles. The van der Waals surface area contributed by atoms with E-state index in [1.807, 2.05) is 12.1 Å². The van der Waals surface area contributed by atoms with Crippen LogP contribution in [0.3, 0.4) is 0 Å². The molecule has 1 saturated heterocycles. The first-order valence-electron chi connectivity index (χ1n) is 18.0. The van der Waals surface area contributed by atoms with E-state index in [4.69, 9.17) is 47.9 Å². The van der Waals surface area contributed by atoms with Gasteiger partial charge in [0.2, 0.25) is 0 Å². The lowest BCUT2D eigenvalue weighted by Gasteiger charge is -2.43. The molecule has 1 aromatic heterocycles. The van der Waals surface area contributed by atoms with Gasteiger partial charge in [-0.05, 0) is 79.1 Å². The largest absolute Gasteiger partial charge is 0.495 e. The number of carbonyl (C=O) groups is 3. The number of nitrogens with one attached hydrogen (secondary N) is 1. The van der Waals surface area contributed by atoms with Crippen molar-refractivity contribution in [1.82, 2.24) is 20.2 Å². The Bertz CT molecular complexity index is 1900. The Morgan fingerprint density at radius 1 is 0.909 bits per heavy atom. The highest BCUT2D eigenvalue weighted by atomic mass is 35.5. The van der Waals surface area contributed by atoms with Crippen LogP contribution in [-0.4, -0.2) is 90.2 Å². The number of ether oxygens (including phenoxy) is 4. The van der Waals surface area contributed by atoms with Crippen LogP contribution in [0, 0.1) is 0 Å². The first-order valence-corrected chi connectivity index (χ1v) is 18.7. The van der Waals surface area contributed by atoms with Gasteiger partial charge >= 0.3 is 18.2 Å². The van der Waals surface area contributed by atoms with Gasteiger partial charge in [-0.25, -0.2) is 29.3 Å². The number of amides is 4. The Kier molecular flexibility index (Phi) is 12.2. The van der Waals surface area contributed by atoms with E-state index in [2.05, 4.69) is 32.0 Å². The van der Waals surface area contributed by atoms with Crippen molar-refractivity contribution >= 4 is 70.0 Å². The van der Waals surface area contributed by atoms with E-state index < -0.39 is 29.4 Å². The number of anilines is 5. The first-order chi connectivity index (χ1) is 25.8. The van der Waals surface area contributed by atoms with Crippen LogP contribution < -0.4 is 35.2 Å². The van der Waals surface area contributed by atoms with Gasteiger partial charge in [-0.15, -0.1) is 0 Å². The molecular formula is C38H50Cl2N8O7. The van der Waals surface area contributed by atoms with Crippen LogP contribution >= 0.6 is 23.2 Å². The van der Waals surface area contributed by atoms with Crippen LogP contribution in [0.2, 0.25) is 10.0 Å². The van der Waals surface area contributed by atoms with Crippen molar-refractivity contribution in [2.75, 3.05) is 60.8 Å². The number of nitrogens with zero attached hydrogens (tertiary/aromatic N) is 6. The lowest BCUT2D eigenvalue weighted by atomic mass is 10.1.